The zero-order valence-electron chi connectivity index (χ0n) is 9.38. The van der Waals surface area contributed by atoms with E-state index < -0.39 is 12.1 Å². The van der Waals surface area contributed by atoms with E-state index in [9.17, 15) is 10.2 Å². The number of ether oxygens (including phenoxy) is 1. The Morgan fingerprint density at radius 2 is 2.06 bits per heavy atom. The van der Waals surface area contributed by atoms with Crippen LogP contribution >= 0.6 is 12.4 Å². The molecule has 16 heavy (non-hydrogen) atoms. The average molecular weight is 248 g/mol. The molecule has 0 fully saturated rings. The van der Waals surface area contributed by atoms with Crippen LogP contribution in [0.25, 0.3) is 0 Å². The Morgan fingerprint density at radius 3 is 2.56 bits per heavy atom. The van der Waals surface area contributed by atoms with Crippen molar-refractivity contribution >= 4 is 12.4 Å². The first-order chi connectivity index (χ1) is 7.06. The third-order valence-electron chi connectivity index (χ3n) is 2.19. The second-order valence-electron chi connectivity index (χ2n) is 3.43. The first-order valence-corrected chi connectivity index (χ1v) is 4.95. The summed E-state index contributed by atoms with van der Waals surface area (Å²) in [5, 5.41) is 18.8. The molecule has 92 valence electrons. The number of phenols is 1. The Bertz CT molecular complexity index is 331. The summed E-state index contributed by atoms with van der Waals surface area (Å²) in [4.78, 5) is 0. The van der Waals surface area contributed by atoms with E-state index in [0.717, 1.165) is 5.56 Å². The summed E-state index contributed by atoms with van der Waals surface area (Å²) in [6, 6.07) is 4.37. The smallest absolute Gasteiger partial charge is 0.161 e. The molecule has 1 rings (SSSR count). The minimum Gasteiger partial charge on any atom is -0.504 e. The van der Waals surface area contributed by atoms with Gasteiger partial charge in [0, 0.05) is 0 Å². The lowest BCUT2D eigenvalue weighted by Crippen LogP contribution is -2.23. The van der Waals surface area contributed by atoms with E-state index in [-0.39, 0.29) is 18.2 Å². The predicted octanol–water partition coefficient (Wildman–Crippen LogP) is 1.59. The maximum atomic E-state index is 9.46. The van der Waals surface area contributed by atoms with E-state index in [4.69, 9.17) is 10.5 Å². The van der Waals surface area contributed by atoms with Crippen molar-refractivity contribution in [2.24, 2.45) is 5.73 Å². The summed E-state index contributed by atoms with van der Waals surface area (Å²) in [6.07, 6.45) is -0.635. The molecule has 2 atom stereocenters. The highest BCUT2D eigenvalue weighted by atomic mass is 35.5. The minimum atomic E-state index is -0.635. The summed E-state index contributed by atoms with van der Waals surface area (Å²) in [5.41, 5.74) is 6.51. The van der Waals surface area contributed by atoms with Crippen LogP contribution in [0.15, 0.2) is 18.2 Å². The van der Waals surface area contributed by atoms with Crippen molar-refractivity contribution < 1.29 is 14.9 Å². The predicted molar refractivity (Wildman–Crippen MR) is 65.1 cm³/mol. The van der Waals surface area contributed by atoms with Gasteiger partial charge in [-0.15, -0.1) is 12.4 Å². The van der Waals surface area contributed by atoms with E-state index in [1.54, 1.807) is 19.1 Å². The van der Waals surface area contributed by atoms with Gasteiger partial charge in [0.1, 0.15) is 0 Å². The van der Waals surface area contributed by atoms with Gasteiger partial charge in [0.05, 0.1) is 18.8 Å². The molecule has 4 nitrogen and oxygen atoms in total. The van der Waals surface area contributed by atoms with Crippen LogP contribution in [0.1, 0.15) is 25.5 Å². The van der Waals surface area contributed by atoms with Gasteiger partial charge in [-0.1, -0.05) is 6.07 Å². The van der Waals surface area contributed by atoms with Crippen molar-refractivity contribution in [3.05, 3.63) is 23.8 Å². The number of halogens is 1. The Balaban J connectivity index is 0.00000225. The molecule has 0 unspecified atom stereocenters. The van der Waals surface area contributed by atoms with Gasteiger partial charge >= 0.3 is 0 Å². The summed E-state index contributed by atoms with van der Waals surface area (Å²) >= 11 is 0. The molecule has 0 aliphatic carbocycles. The van der Waals surface area contributed by atoms with E-state index >= 15 is 0 Å². The van der Waals surface area contributed by atoms with Gasteiger partial charge in [0.15, 0.2) is 11.5 Å². The number of aliphatic hydroxyl groups excluding tert-OH is 1. The van der Waals surface area contributed by atoms with Gasteiger partial charge in [-0.25, -0.2) is 0 Å². The topological polar surface area (TPSA) is 75.7 Å². The fraction of sp³-hybridized carbons (Fsp3) is 0.455. The number of benzene rings is 1. The number of nitrogens with two attached hydrogens (primary N) is 1. The van der Waals surface area contributed by atoms with Crippen LogP contribution in [-0.4, -0.2) is 22.9 Å². The fourth-order valence-corrected chi connectivity index (χ4v) is 1.29. The molecule has 0 aliphatic heterocycles. The van der Waals surface area contributed by atoms with Gasteiger partial charge in [-0.3, -0.25) is 0 Å². The molecular formula is C11H18ClNO3. The summed E-state index contributed by atoms with van der Waals surface area (Å²) in [5.74, 6) is 0.476. The van der Waals surface area contributed by atoms with Crippen LogP contribution in [0, 0.1) is 0 Å². The lowest BCUT2D eigenvalue weighted by molar-refractivity contribution is 0.164. The molecular weight excluding hydrogens is 230 g/mol. The maximum absolute atomic E-state index is 9.46. The Kier molecular flexibility index (Phi) is 6.18. The molecule has 5 heteroatoms. The highest BCUT2D eigenvalue weighted by Crippen LogP contribution is 2.29. The highest BCUT2D eigenvalue weighted by molar-refractivity contribution is 5.85. The largest absolute Gasteiger partial charge is 0.504 e. The lowest BCUT2D eigenvalue weighted by Gasteiger charge is -2.16. The number of rotatable bonds is 4. The molecule has 0 bridgehead atoms. The minimum absolute atomic E-state index is 0. The number of hydrogen-bond donors (Lipinski definition) is 3. The van der Waals surface area contributed by atoms with Crippen LogP contribution < -0.4 is 10.5 Å². The van der Waals surface area contributed by atoms with Crippen LogP contribution in [0.3, 0.4) is 0 Å². The average Bonchev–Trinajstić information content (AvgIpc) is 2.20. The van der Waals surface area contributed by atoms with Crippen LogP contribution in [0.4, 0.5) is 0 Å². The third-order valence-corrected chi connectivity index (χ3v) is 2.19. The van der Waals surface area contributed by atoms with Crippen molar-refractivity contribution in [1.29, 1.82) is 0 Å². The van der Waals surface area contributed by atoms with Gasteiger partial charge in [-0.05, 0) is 31.5 Å². The molecule has 0 aromatic heterocycles. The zero-order chi connectivity index (χ0) is 11.4. The summed E-state index contributed by atoms with van der Waals surface area (Å²) < 4.78 is 5.22. The number of hydrogen-bond acceptors (Lipinski definition) is 4. The van der Waals surface area contributed by atoms with Crippen LogP contribution in [-0.2, 0) is 0 Å². The molecule has 0 radical (unpaired) electrons. The molecule has 0 saturated heterocycles. The summed E-state index contributed by atoms with van der Waals surface area (Å²) in [7, 11) is 0. The van der Waals surface area contributed by atoms with Crippen molar-refractivity contribution in [1.82, 2.24) is 0 Å². The molecule has 1 aromatic carbocycles. The van der Waals surface area contributed by atoms with E-state index in [2.05, 4.69) is 0 Å². The molecule has 0 amide bonds. The normalized spacial score (nSPS) is 13.8. The fourth-order valence-electron chi connectivity index (χ4n) is 1.29. The summed E-state index contributed by atoms with van der Waals surface area (Å²) in [6.45, 7) is 3.93. The Hall–Kier alpha value is -0.970. The Morgan fingerprint density at radius 1 is 1.44 bits per heavy atom. The van der Waals surface area contributed by atoms with E-state index in [1.807, 2.05) is 6.92 Å². The van der Waals surface area contributed by atoms with Crippen LogP contribution in [0.5, 0.6) is 11.5 Å². The first kappa shape index (κ1) is 15.0. The molecule has 0 spiro atoms. The number of aliphatic hydroxyl groups is 1. The zero-order valence-corrected chi connectivity index (χ0v) is 10.2. The standard InChI is InChI=1S/C11H17NO3.ClH/c1-3-15-10-6-8(4-5-9(10)14)11(12)7(2)13;/h4-7,11,13-14H,3,12H2,1-2H3;1H/t7-,11-;/m0./s1. The van der Waals surface area contributed by atoms with Crippen molar-refractivity contribution in [2.75, 3.05) is 6.61 Å². The highest BCUT2D eigenvalue weighted by Gasteiger charge is 2.14. The molecule has 4 N–H and O–H groups in total. The van der Waals surface area contributed by atoms with Crippen LogP contribution in [0.2, 0.25) is 0 Å². The monoisotopic (exact) mass is 247 g/mol. The SMILES string of the molecule is CCOc1cc([C@@H](N)[C@H](C)O)ccc1O.Cl. The van der Waals surface area contributed by atoms with E-state index in [1.165, 1.54) is 6.07 Å². The van der Waals surface area contributed by atoms with Crippen molar-refractivity contribution in [3.8, 4) is 11.5 Å². The molecule has 0 aliphatic rings. The van der Waals surface area contributed by atoms with Gasteiger partial charge < -0.3 is 20.7 Å². The van der Waals surface area contributed by atoms with E-state index in [0.29, 0.717) is 12.4 Å². The second-order valence-corrected chi connectivity index (χ2v) is 3.43. The van der Waals surface area contributed by atoms with Gasteiger partial charge in [-0.2, -0.15) is 0 Å². The van der Waals surface area contributed by atoms with Gasteiger partial charge in [0.2, 0.25) is 0 Å². The maximum Gasteiger partial charge on any atom is 0.161 e. The quantitative estimate of drug-likeness (QED) is 0.755. The van der Waals surface area contributed by atoms with Crippen molar-refractivity contribution in [2.45, 2.75) is 26.0 Å². The third kappa shape index (κ3) is 3.56. The first-order valence-electron chi connectivity index (χ1n) is 4.95. The van der Waals surface area contributed by atoms with Gasteiger partial charge in [0.25, 0.3) is 0 Å². The number of phenolic OH excluding ortho intramolecular Hbond substituents is 1. The second kappa shape index (κ2) is 6.58. The molecule has 0 saturated carbocycles. The lowest BCUT2D eigenvalue weighted by atomic mass is 10.0. The number of aromatic hydroxyl groups is 1. The molecule has 1 aromatic rings. The van der Waals surface area contributed by atoms with Crippen molar-refractivity contribution in [3.63, 3.8) is 0 Å². The molecule has 0 heterocycles. The Labute approximate surface area is 101 Å².